The van der Waals surface area contributed by atoms with Gasteiger partial charge in [-0.15, -0.1) is 0 Å². The molecule has 1 aliphatic rings. The van der Waals surface area contributed by atoms with Crippen molar-refractivity contribution in [1.82, 2.24) is 20.2 Å². The van der Waals surface area contributed by atoms with Gasteiger partial charge in [0.25, 0.3) is 0 Å². The van der Waals surface area contributed by atoms with Gasteiger partial charge in [-0.05, 0) is 31.0 Å². The minimum absolute atomic E-state index is 0.164. The smallest absolute Gasteiger partial charge is 0.229 e. The summed E-state index contributed by atoms with van der Waals surface area (Å²) in [5.41, 5.74) is 2.13. The number of anilines is 1. The van der Waals surface area contributed by atoms with Crippen LogP contribution in [0.4, 0.5) is 5.82 Å². The molecule has 0 amide bonds. The van der Waals surface area contributed by atoms with Crippen molar-refractivity contribution >= 4 is 29.4 Å². The zero-order valence-electron chi connectivity index (χ0n) is 17.8. The summed E-state index contributed by atoms with van der Waals surface area (Å²) in [6.07, 6.45) is 3.39. The van der Waals surface area contributed by atoms with E-state index in [0.717, 1.165) is 23.4 Å². The Morgan fingerprint density at radius 1 is 1.37 bits per heavy atom. The number of ether oxygens (including phenoxy) is 1. The van der Waals surface area contributed by atoms with Crippen molar-refractivity contribution in [3.8, 4) is 11.4 Å². The lowest BCUT2D eigenvalue weighted by Gasteiger charge is -2.35. The summed E-state index contributed by atoms with van der Waals surface area (Å²) < 4.78 is 25.2. The van der Waals surface area contributed by atoms with E-state index in [1.54, 1.807) is 19.1 Å². The summed E-state index contributed by atoms with van der Waals surface area (Å²) >= 11 is 0. The van der Waals surface area contributed by atoms with Crippen molar-refractivity contribution in [3.05, 3.63) is 30.6 Å². The molecule has 1 fully saturated rings. The Morgan fingerprint density at radius 2 is 2.20 bits per heavy atom. The highest BCUT2D eigenvalue weighted by Gasteiger charge is 2.28. The topological polar surface area (TPSA) is 93.2 Å². The van der Waals surface area contributed by atoms with Crippen LogP contribution in [0.15, 0.2) is 30.6 Å². The van der Waals surface area contributed by atoms with Crippen molar-refractivity contribution in [3.63, 3.8) is 0 Å². The third-order valence-electron chi connectivity index (χ3n) is 5.20. The average Bonchev–Trinajstić information content (AvgIpc) is 3.26. The van der Waals surface area contributed by atoms with E-state index in [9.17, 15) is 4.57 Å². The maximum Gasteiger partial charge on any atom is 0.229 e. The molecule has 30 heavy (non-hydrogen) atoms. The van der Waals surface area contributed by atoms with Crippen LogP contribution >= 0.6 is 7.37 Å². The molecule has 160 valence electrons. The van der Waals surface area contributed by atoms with E-state index in [1.165, 1.54) is 0 Å². The van der Waals surface area contributed by atoms with Gasteiger partial charge >= 0.3 is 0 Å². The molecule has 0 bridgehead atoms. The summed E-state index contributed by atoms with van der Waals surface area (Å²) in [6.45, 7) is 10.3. The molecule has 0 aliphatic carbocycles. The highest BCUT2D eigenvalue weighted by Crippen LogP contribution is 2.45. The zero-order valence-corrected chi connectivity index (χ0v) is 18.7. The van der Waals surface area contributed by atoms with Gasteiger partial charge in [0.2, 0.25) is 7.37 Å². The van der Waals surface area contributed by atoms with Crippen molar-refractivity contribution in [1.29, 1.82) is 0 Å². The van der Waals surface area contributed by atoms with E-state index < -0.39 is 7.37 Å². The van der Waals surface area contributed by atoms with Crippen LogP contribution in [-0.2, 0) is 13.8 Å². The zero-order chi connectivity index (χ0) is 21.3. The standard InChI is InChI=1S/C21H28N5O3P/c1-14(2)12-29-30(4,27)18-11-19(26-9-10-28-13-15(26)3)24-20-16(18)5-7-22-21(20)17-6-8-23-25-17/h5-8,11,14-15H,9-10,12-13H2,1-4H3,(H,23,25)/t15-,30?/m1/s1. The monoisotopic (exact) mass is 429 g/mol. The molecule has 0 radical (unpaired) electrons. The molecule has 1 saturated heterocycles. The Hall–Kier alpha value is -2.28. The van der Waals surface area contributed by atoms with Crippen molar-refractivity contribution in [2.75, 3.05) is 37.9 Å². The third-order valence-corrected chi connectivity index (χ3v) is 7.09. The lowest BCUT2D eigenvalue weighted by Crippen LogP contribution is -2.44. The van der Waals surface area contributed by atoms with Crippen LogP contribution in [-0.4, -0.2) is 59.2 Å². The first-order valence-corrected chi connectivity index (χ1v) is 12.3. The molecule has 0 saturated carbocycles. The molecule has 3 aromatic rings. The Kier molecular flexibility index (Phi) is 5.91. The summed E-state index contributed by atoms with van der Waals surface area (Å²) in [7, 11) is -3.09. The predicted molar refractivity (Wildman–Crippen MR) is 119 cm³/mol. The summed E-state index contributed by atoms with van der Waals surface area (Å²) in [4.78, 5) is 11.7. The Bertz CT molecular complexity index is 1070. The van der Waals surface area contributed by atoms with Crippen LogP contribution in [0.1, 0.15) is 20.8 Å². The first-order valence-electron chi connectivity index (χ1n) is 10.2. The molecule has 3 aromatic heterocycles. The van der Waals surface area contributed by atoms with Crippen molar-refractivity contribution in [2.45, 2.75) is 26.8 Å². The van der Waals surface area contributed by atoms with Gasteiger partial charge < -0.3 is 14.2 Å². The number of fused-ring (bicyclic) bond motifs is 1. The lowest BCUT2D eigenvalue weighted by atomic mass is 10.1. The Balaban J connectivity index is 1.92. The van der Waals surface area contributed by atoms with Gasteiger partial charge in [0.05, 0.1) is 31.6 Å². The highest BCUT2D eigenvalue weighted by molar-refractivity contribution is 7.66. The van der Waals surface area contributed by atoms with Gasteiger partial charge in [-0.1, -0.05) is 13.8 Å². The molecule has 8 nitrogen and oxygen atoms in total. The molecule has 1 unspecified atom stereocenters. The maximum atomic E-state index is 13.7. The lowest BCUT2D eigenvalue weighted by molar-refractivity contribution is 0.0986. The van der Waals surface area contributed by atoms with E-state index >= 15 is 0 Å². The number of aromatic amines is 1. The number of pyridine rings is 2. The number of hydrogen-bond acceptors (Lipinski definition) is 7. The molecule has 1 aliphatic heterocycles. The number of H-pyrrole nitrogens is 1. The van der Waals surface area contributed by atoms with Crippen LogP contribution in [0.2, 0.25) is 0 Å². The number of aromatic nitrogens is 4. The molecular weight excluding hydrogens is 401 g/mol. The number of rotatable bonds is 6. The van der Waals surface area contributed by atoms with E-state index in [4.69, 9.17) is 14.2 Å². The van der Waals surface area contributed by atoms with Crippen LogP contribution in [0.25, 0.3) is 22.3 Å². The maximum absolute atomic E-state index is 13.7. The molecule has 1 N–H and O–H groups in total. The van der Waals surface area contributed by atoms with Crippen molar-refractivity contribution < 1.29 is 13.8 Å². The summed E-state index contributed by atoms with van der Waals surface area (Å²) in [6, 6.07) is 5.80. The fourth-order valence-corrected chi connectivity index (χ4v) is 5.31. The van der Waals surface area contributed by atoms with Gasteiger partial charge in [0.15, 0.2) is 0 Å². The second-order valence-corrected chi connectivity index (χ2v) is 10.6. The minimum Gasteiger partial charge on any atom is -0.377 e. The van der Waals surface area contributed by atoms with E-state index in [2.05, 4.69) is 27.0 Å². The van der Waals surface area contributed by atoms with Crippen molar-refractivity contribution in [2.24, 2.45) is 5.92 Å². The van der Waals surface area contributed by atoms with Gasteiger partial charge in [-0.2, -0.15) is 5.10 Å². The number of morpholine rings is 1. The summed E-state index contributed by atoms with van der Waals surface area (Å²) in [5.74, 6) is 1.05. The largest absolute Gasteiger partial charge is 0.377 e. The second-order valence-electron chi connectivity index (χ2n) is 8.18. The van der Waals surface area contributed by atoms with Gasteiger partial charge in [-0.25, -0.2) is 4.98 Å². The quantitative estimate of drug-likeness (QED) is 0.600. The first-order chi connectivity index (χ1) is 14.4. The fraction of sp³-hybridized carbons (Fsp3) is 0.476. The average molecular weight is 429 g/mol. The van der Waals surface area contributed by atoms with Gasteiger partial charge in [-0.3, -0.25) is 14.6 Å². The molecule has 4 heterocycles. The van der Waals surface area contributed by atoms with E-state index in [0.29, 0.717) is 36.3 Å². The van der Waals surface area contributed by atoms with Crippen LogP contribution in [0.5, 0.6) is 0 Å². The van der Waals surface area contributed by atoms with Crippen LogP contribution in [0.3, 0.4) is 0 Å². The molecule has 9 heteroatoms. The fourth-order valence-electron chi connectivity index (χ4n) is 3.62. The first kappa shape index (κ1) is 21.0. The predicted octanol–water partition coefficient (Wildman–Crippen LogP) is 3.45. The molecule has 4 rings (SSSR count). The van der Waals surface area contributed by atoms with Crippen LogP contribution < -0.4 is 10.2 Å². The summed E-state index contributed by atoms with van der Waals surface area (Å²) in [5, 5.41) is 8.47. The number of nitrogens with one attached hydrogen (secondary N) is 1. The minimum atomic E-state index is -3.09. The highest BCUT2D eigenvalue weighted by atomic mass is 31.2. The van der Waals surface area contributed by atoms with Gasteiger partial charge in [0.1, 0.15) is 17.0 Å². The Morgan fingerprint density at radius 3 is 2.90 bits per heavy atom. The van der Waals surface area contributed by atoms with E-state index in [1.807, 2.05) is 32.0 Å². The van der Waals surface area contributed by atoms with E-state index in [-0.39, 0.29) is 12.0 Å². The van der Waals surface area contributed by atoms with Gasteiger partial charge in [0, 0.05) is 36.3 Å². The van der Waals surface area contributed by atoms with Crippen LogP contribution in [0, 0.1) is 5.92 Å². The molecule has 0 aromatic carbocycles. The normalized spacial score (nSPS) is 19.4. The third kappa shape index (κ3) is 4.13. The molecule has 0 spiro atoms. The number of hydrogen-bond donors (Lipinski definition) is 1. The Labute approximate surface area is 176 Å². The second kappa shape index (κ2) is 8.46. The number of nitrogens with zero attached hydrogens (tertiary/aromatic N) is 4. The molecular formula is C21H28N5O3P. The molecule has 2 atom stereocenters. The SMILES string of the molecule is CC(C)COP(C)(=O)c1cc(N2CCOC[C@H]2C)nc2c(-c3ccn[nH]3)nccc12.